The van der Waals surface area contributed by atoms with Crippen molar-refractivity contribution >= 4 is 11.0 Å². The molecule has 1 aromatic heterocycles. The molecule has 1 saturated carbocycles. The van der Waals surface area contributed by atoms with Gasteiger partial charge in [-0.1, -0.05) is 19.4 Å². The monoisotopic (exact) mass is 400 g/mol. The fourth-order valence-corrected chi connectivity index (χ4v) is 4.58. The lowest BCUT2D eigenvalue weighted by atomic mass is 9.59. The molecule has 3 atom stereocenters. The third-order valence-corrected chi connectivity index (χ3v) is 6.54. The van der Waals surface area contributed by atoms with Gasteiger partial charge >= 0.3 is 5.63 Å². The van der Waals surface area contributed by atoms with E-state index in [1.165, 1.54) is 11.6 Å². The van der Waals surface area contributed by atoms with Crippen LogP contribution in [0.15, 0.2) is 51.2 Å². The quantitative estimate of drug-likeness (QED) is 0.553. The summed E-state index contributed by atoms with van der Waals surface area (Å²) in [7, 11) is 0. The van der Waals surface area contributed by atoms with Crippen molar-refractivity contribution in [3.63, 3.8) is 0 Å². The molecule has 0 unspecified atom stereocenters. The van der Waals surface area contributed by atoms with Gasteiger partial charge in [-0.15, -0.1) is 0 Å². The second-order valence-electron chi connectivity index (χ2n) is 9.14. The first kappa shape index (κ1) is 21.6. The molecule has 1 aliphatic rings. The van der Waals surface area contributed by atoms with E-state index in [4.69, 9.17) is 9.15 Å². The van der Waals surface area contributed by atoms with Crippen LogP contribution >= 0.6 is 0 Å². The fourth-order valence-electron chi connectivity index (χ4n) is 4.58. The average Bonchev–Trinajstić information content (AvgIpc) is 2.64. The van der Waals surface area contributed by atoms with E-state index >= 15 is 0 Å². The summed E-state index contributed by atoms with van der Waals surface area (Å²) in [5.41, 5.74) is 0.249. The Morgan fingerprint density at radius 1 is 1.28 bits per heavy atom. The lowest BCUT2D eigenvalue weighted by Crippen LogP contribution is -2.53. The van der Waals surface area contributed by atoms with Crippen molar-refractivity contribution in [3.8, 4) is 5.75 Å². The van der Waals surface area contributed by atoms with Crippen LogP contribution in [-0.4, -0.2) is 28.5 Å². The van der Waals surface area contributed by atoms with Gasteiger partial charge in [0, 0.05) is 17.5 Å². The van der Waals surface area contributed by atoms with Crippen LogP contribution in [0.1, 0.15) is 53.4 Å². The molecule has 5 nitrogen and oxygen atoms in total. The Kier molecular flexibility index (Phi) is 6.20. The SMILES string of the molecule is C/C(=C\COc1ccc2ccc(=O)oc2c1)CC[C@H]1C(C)(C)[C@H](O)CC[C@@]1(C)O. The van der Waals surface area contributed by atoms with E-state index in [2.05, 4.69) is 20.8 Å². The molecule has 0 spiro atoms. The number of ether oxygens (including phenoxy) is 1. The van der Waals surface area contributed by atoms with Gasteiger partial charge in [0.15, 0.2) is 0 Å². The van der Waals surface area contributed by atoms with Crippen molar-refractivity contribution in [2.24, 2.45) is 11.3 Å². The molecule has 0 radical (unpaired) electrons. The highest BCUT2D eigenvalue weighted by Gasteiger charge is 2.49. The van der Waals surface area contributed by atoms with Crippen LogP contribution < -0.4 is 10.4 Å². The van der Waals surface area contributed by atoms with Crippen molar-refractivity contribution < 1.29 is 19.4 Å². The van der Waals surface area contributed by atoms with E-state index in [1.807, 2.05) is 25.1 Å². The minimum absolute atomic E-state index is 0.0337. The molecule has 29 heavy (non-hydrogen) atoms. The van der Waals surface area contributed by atoms with E-state index in [0.717, 1.165) is 18.2 Å². The summed E-state index contributed by atoms with van der Waals surface area (Å²) >= 11 is 0. The third-order valence-electron chi connectivity index (χ3n) is 6.54. The zero-order chi connectivity index (χ0) is 21.2. The van der Waals surface area contributed by atoms with Crippen molar-refractivity contribution in [2.75, 3.05) is 6.61 Å². The van der Waals surface area contributed by atoms with Gasteiger partial charge in [-0.25, -0.2) is 4.79 Å². The van der Waals surface area contributed by atoms with Crippen molar-refractivity contribution in [2.45, 2.75) is 65.1 Å². The maximum atomic E-state index is 11.4. The molecule has 2 N–H and O–H groups in total. The van der Waals surface area contributed by atoms with Gasteiger partial charge in [-0.3, -0.25) is 0 Å². The Bertz CT molecular complexity index is 938. The molecular weight excluding hydrogens is 368 g/mol. The number of hydrogen-bond donors (Lipinski definition) is 2. The third kappa shape index (κ3) is 4.90. The fraction of sp³-hybridized carbons (Fsp3) is 0.542. The Morgan fingerprint density at radius 3 is 2.76 bits per heavy atom. The molecule has 0 aliphatic heterocycles. The molecule has 5 heteroatoms. The molecule has 0 amide bonds. The van der Waals surface area contributed by atoms with Crippen LogP contribution in [0.25, 0.3) is 11.0 Å². The zero-order valence-corrected chi connectivity index (χ0v) is 17.8. The van der Waals surface area contributed by atoms with Crippen LogP contribution in [-0.2, 0) is 0 Å². The van der Waals surface area contributed by atoms with Crippen molar-refractivity contribution in [1.29, 1.82) is 0 Å². The average molecular weight is 401 g/mol. The molecule has 1 fully saturated rings. The van der Waals surface area contributed by atoms with Crippen LogP contribution in [0.3, 0.4) is 0 Å². The van der Waals surface area contributed by atoms with E-state index in [1.54, 1.807) is 12.1 Å². The molecular formula is C24H32O5. The largest absolute Gasteiger partial charge is 0.489 e. The lowest BCUT2D eigenvalue weighted by Gasteiger charge is -2.51. The van der Waals surface area contributed by atoms with Crippen LogP contribution in [0, 0.1) is 11.3 Å². The summed E-state index contributed by atoms with van der Waals surface area (Å²) in [4.78, 5) is 11.4. The number of benzene rings is 1. The summed E-state index contributed by atoms with van der Waals surface area (Å²) in [6.07, 6.45) is 4.59. The van der Waals surface area contributed by atoms with Crippen LogP contribution in [0.5, 0.6) is 5.75 Å². The molecule has 1 aliphatic carbocycles. The van der Waals surface area contributed by atoms with Crippen LogP contribution in [0.4, 0.5) is 0 Å². The van der Waals surface area contributed by atoms with E-state index in [0.29, 0.717) is 30.8 Å². The Hall–Kier alpha value is -2.11. The van der Waals surface area contributed by atoms with Crippen molar-refractivity contribution in [3.05, 3.63) is 52.4 Å². The molecule has 158 valence electrons. The molecule has 2 aromatic rings. The van der Waals surface area contributed by atoms with Gasteiger partial charge < -0.3 is 19.4 Å². The first-order chi connectivity index (χ1) is 13.6. The zero-order valence-electron chi connectivity index (χ0n) is 17.8. The standard InChI is InChI=1S/C24H32O5/c1-16(5-9-20-23(2,3)21(25)11-13-24(20,4)27)12-14-28-18-8-6-17-7-10-22(26)29-19(17)15-18/h6-8,10,12,15,20-21,25,27H,5,9,11,13-14H2,1-4H3/b16-12+/t20-,21+,24+/m0/s1. The molecule has 1 heterocycles. The Morgan fingerprint density at radius 2 is 2.00 bits per heavy atom. The summed E-state index contributed by atoms with van der Waals surface area (Å²) < 4.78 is 11.0. The Balaban J connectivity index is 1.58. The smallest absolute Gasteiger partial charge is 0.336 e. The van der Waals surface area contributed by atoms with Gasteiger partial charge in [0.25, 0.3) is 0 Å². The highest BCUT2D eigenvalue weighted by atomic mass is 16.5. The predicted octanol–water partition coefficient (Wildman–Crippen LogP) is 4.45. The van der Waals surface area contributed by atoms with E-state index in [-0.39, 0.29) is 23.1 Å². The van der Waals surface area contributed by atoms with Gasteiger partial charge in [-0.05, 0) is 75.1 Å². The number of aliphatic hydroxyl groups excluding tert-OH is 1. The lowest BCUT2D eigenvalue weighted by molar-refractivity contribution is -0.145. The summed E-state index contributed by atoms with van der Waals surface area (Å²) in [6, 6.07) is 8.58. The van der Waals surface area contributed by atoms with E-state index < -0.39 is 5.60 Å². The minimum atomic E-state index is -0.755. The van der Waals surface area contributed by atoms with Gasteiger partial charge in [0.1, 0.15) is 17.9 Å². The molecule has 0 saturated heterocycles. The first-order valence-corrected chi connectivity index (χ1v) is 10.3. The minimum Gasteiger partial charge on any atom is -0.489 e. The number of allylic oxidation sites excluding steroid dienone is 1. The van der Waals surface area contributed by atoms with E-state index in [9.17, 15) is 15.0 Å². The number of aliphatic hydroxyl groups is 2. The topological polar surface area (TPSA) is 79.9 Å². The second-order valence-corrected chi connectivity index (χ2v) is 9.14. The highest BCUT2D eigenvalue weighted by molar-refractivity contribution is 5.77. The van der Waals surface area contributed by atoms with Gasteiger partial charge in [-0.2, -0.15) is 0 Å². The van der Waals surface area contributed by atoms with Crippen LogP contribution in [0.2, 0.25) is 0 Å². The number of hydrogen-bond acceptors (Lipinski definition) is 5. The Labute approximate surface area is 172 Å². The normalized spacial score (nSPS) is 27.2. The summed E-state index contributed by atoms with van der Waals surface area (Å²) in [6.45, 7) is 8.48. The number of rotatable bonds is 6. The van der Waals surface area contributed by atoms with Crippen molar-refractivity contribution in [1.82, 2.24) is 0 Å². The molecule has 0 bridgehead atoms. The summed E-state index contributed by atoms with van der Waals surface area (Å²) in [5, 5.41) is 22.1. The van der Waals surface area contributed by atoms with Gasteiger partial charge in [0.2, 0.25) is 0 Å². The maximum absolute atomic E-state index is 11.4. The predicted molar refractivity (Wildman–Crippen MR) is 114 cm³/mol. The molecule has 3 rings (SSSR count). The number of fused-ring (bicyclic) bond motifs is 1. The van der Waals surface area contributed by atoms with Gasteiger partial charge in [0.05, 0.1) is 11.7 Å². The first-order valence-electron chi connectivity index (χ1n) is 10.3. The maximum Gasteiger partial charge on any atom is 0.336 e. The highest BCUT2D eigenvalue weighted by Crippen LogP contribution is 2.48. The summed E-state index contributed by atoms with van der Waals surface area (Å²) in [5.74, 6) is 0.682. The molecule has 1 aromatic carbocycles. The second kappa shape index (κ2) is 8.33.